The quantitative estimate of drug-likeness (QED) is 0.826. The van der Waals surface area contributed by atoms with Crippen LogP contribution in [0.3, 0.4) is 0 Å². The molecule has 25 heavy (non-hydrogen) atoms. The fourth-order valence-corrected chi connectivity index (χ4v) is 2.57. The summed E-state index contributed by atoms with van der Waals surface area (Å²) in [6.45, 7) is 3.04. The Morgan fingerprint density at radius 1 is 1.08 bits per heavy atom. The summed E-state index contributed by atoms with van der Waals surface area (Å²) in [6, 6.07) is 8.78. The van der Waals surface area contributed by atoms with Crippen LogP contribution in [-0.4, -0.2) is 10.5 Å². The van der Waals surface area contributed by atoms with Crippen molar-refractivity contribution in [3.8, 4) is 0 Å². The molecule has 0 aliphatic carbocycles. The summed E-state index contributed by atoms with van der Waals surface area (Å²) < 4.78 is 39.9. The zero-order chi connectivity index (χ0) is 18.8. The molecule has 0 radical (unpaired) electrons. The third-order valence-electron chi connectivity index (χ3n) is 3.64. The summed E-state index contributed by atoms with van der Waals surface area (Å²) in [6.07, 6.45) is -3.93. The molecular formula is C17H16BrF3N2O2. The van der Waals surface area contributed by atoms with Gasteiger partial charge in [0.1, 0.15) is 6.54 Å². The van der Waals surface area contributed by atoms with Crippen molar-refractivity contribution in [1.82, 2.24) is 9.88 Å². The number of amides is 1. The number of aromatic nitrogens is 1. The molecule has 2 aromatic rings. The van der Waals surface area contributed by atoms with Crippen molar-refractivity contribution >= 4 is 21.8 Å². The van der Waals surface area contributed by atoms with Crippen molar-refractivity contribution in [3.05, 3.63) is 68.5 Å². The SMILES string of the molecule is CC(C)(NC(=O)Cn1cc(C(F)(F)F)ccc1=O)c1ccc(Br)cc1. The van der Waals surface area contributed by atoms with Gasteiger partial charge in [-0.15, -0.1) is 0 Å². The summed E-state index contributed by atoms with van der Waals surface area (Å²) in [5, 5.41) is 2.73. The highest BCUT2D eigenvalue weighted by Gasteiger charge is 2.31. The van der Waals surface area contributed by atoms with Crippen LogP contribution in [0, 0.1) is 0 Å². The lowest BCUT2D eigenvalue weighted by molar-refractivity contribution is -0.138. The van der Waals surface area contributed by atoms with Crippen LogP contribution in [0.25, 0.3) is 0 Å². The minimum Gasteiger partial charge on any atom is -0.346 e. The smallest absolute Gasteiger partial charge is 0.346 e. The molecule has 0 fully saturated rings. The second-order valence-electron chi connectivity index (χ2n) is 6.06. The molecule has 0 spiro atoms. The van der Waals surface area contributed by atoms with E-state index < -0.39 is 35.3 Å². The lowest BCUT2D eigenvalue weighted by Crippen LogP contribution is -2.43. The van der Waals surface area contributed by atoms with Gasteiger partial charge < -0.3 is 9.88 Å². The van der Waals surface area contributed by atoms with E-state index in [1.54, 1.807) is 13.8 Å². The molecule has 1 amide bonds. The monoisotopic (exact) mass is 416 g/mol. The zero-order valence-electron chi connectivity index (χ0n) is 13.5. The molecule has 0 aliphatic heterocycles. The molecule has 1 N–H and O–H groups in total. The summed E-state index contributed by atoms with van der Waals surface area (Å²) >= 11 is 3.32. The minimum atomic E-state index is -4.58. The van der Waals surface area contributed by atoms with E-state index in [-0.39, 0.29) is 0 Å². The maximum absolute atomic E-state index is 12.7. The van der Waals surface area contributed by atoms with E-state index in [4.69, 9.17) is 0 Å². The first-order valence-corrected chi connectivity index (χ1v) is 8.13. The predicted octanol–water partition coefficient (Wildman–Crippen LogP) is 3.68. The van der Waals surface area contributed by atoms with Gasteiger partial charge in [0, 0.05) is 16.7 Å². The van der Waals surface area contributed by atoms with Crippen LogP contribution in [-0.2, 0) is 23.1 Å². The molecular weight excluding hydrogens is 401 g/mol. The maximum Gasteiger partial charge on any atom is 0.417 e. The van der Waals surface area contributed by atoms with E-state index in [0.29, 0.717) is 12.3 Å². The summed E-state index contributed by atoms with van der Waals surface area (Å²) in [5.41, 5.74) is -1.58. The Morgan fingerprint density at radius 3 is 2.20 bits per heavy atom. The molecule has 0 saturated carbocycles. The molecule has 0 saturated heterocycles. The van der Waals surface area contributed by atoms with Gasteiger partial charge in [0.05, 0.1) is 11.1 Å². The van der Waals surface area contributed by atoms with Gasteiger partial charge in [-0.1, -0.05) is 28.1 Å². The van der Waals surface area contributed by atoms with Crippen LogP contribution >= 0.6 is 15.9 Å². The van der Waals surface area contributed by atoms with E-state index in [0.717, 1.165) is 20.7 Å². The molecule has 0 aliphatic rings. The van der Waals surface area contributed by atoms with Gasteiger partial charge >= 0.3 is 6.18 Å². The zero-order valence-corrected chi connectivity index (χ0v) is 15.1. The van der Waals surface area contributed by atoms with Gasteiger partial charge in [-0.05, 0) is 37.6 Å². The van der Waals surface area contributed by atoms with Crippen LogP contribution in [0.2, 0.25) is 0 Å². The number of hydrogen-bond acceptors (Lipinski definition) is 2. The number of halogens is 4. The Balaban J connectivity index is 2.17. The van der Waals surface area contributed by atoms with Crippen molar-refractivity contribution in [3.63, 3.8) is 0 Å². The van der Waals surface area contributed by atoms with Crippen LogP contribution in [0.15, 0.2) is 51.9 Å². The van der Waals surface area contributed by atoms with Gasteiger partial charge in [0.25, 0.3) is 5.56 Å². The van der Waals surface area contributed by atoms with Crippen molar-refractivity contribution in [2.45, 2.75) is 32.1 Å². The number of rotatable bonds is 4. The average Bonchev–Trinajstić information content (AvgIpc) is 2.48. The Hall–Kier alpha value is -2.09. The lowest BCUT2D eigenvalue weighted by Gasteiger charge is -2.27. The second-order valence-corrected chi connectivity index (χ2v) is 6.98. The lowest BCUT2D eigenvalue weighted by atomic mass is 9.94. The largest absolute Gasteiger partial charge is 0.417 e. The van der Waals surface area contributed by atoms with Gasteiger partial charge in [-0.3, -0.25) is 9.59 Å². The van der Waals surface area contributed by atoms with E-state index in [9.17, 15) is 22.8 Å². The molecule has 1 aromatic carbocycles. The third-order valence-corrected chi connectivity index (χ3v) is 4.17. The van der Waals surface area contributed by atoms with Crippen LogP contribution in [0.4, 0.5) is 13.2 Å². The Labute approximate surface area is 150 Å². The first-order valence-electron chi connectivity index (χ1n) is 7.34. The third kappa shape index (κ3) is 4.94. The molecule has 4 nitrogen and oxygen atoms in total. The molecule has 0 unspecified atom stereocenters. The number of nitrogens with one attached hydrogen (secondary N) is 1. The minimum absolute atomic E-state index is 0.497. The molecule has 1 heterocycles. The maximum atomic E-state index is 12.7. The van der Waals surface area contributed by atoms with E-state index in [1.807, 2.05) is 24.3 Å². The van der Waals surface area contributed by atoms with Gasteiger partial charge in [-0.2, -0.15) is 13.2 Å². The van der Waals surface area contributed by atoms with E-state index in [1.165, 1.54) is 0 Å². The molecule has 8 heteroatoms. The summed E-state index contributed by atoms with van der Waals surface area (Å²) in [5.74, 6) is -0.561. The van der Waals surface area contributed by atoms with Crippen molar-refractivity contribution in [1.29, 1.82) is 0 Å². The molecule has 134 valence electrons. The van der Waals surface area contributed by atoms with Gasteiger partial charge in [-0.25, -0.2) is 0 Å². The highest BCUT2D eigenvalue weighted by Crippen LogP contribution is 2.28. The van der Waals surface area contributed by atoms with Crippen LogP contribution in [0.5, 0.6) is 0 Å². The number of pyridine rings is 1. The fraction of sp³-hybridized carbons (Fsp3) is 0.294. The summed E-state index contributed by atoms with van der Waals surface area (Å²) in [7, 11) is 0. The van der Waals surface area contributed by atoms with Crippen LogP contribution in [0.1, 0.15) is 25.0 Å². The standard InChI is InChI=1S/C17H16BrF3N2O2/c1-16(2,11-3-6-13(18)7-4-11)22-14(24)10-23-9-12(17(19,20)21)5-8-15(23)25/h3-9H,10H2,1-2H3,(H,22,24). The molecule has 2 rings (SSSR count). The highest BCUT2D eigenvalue weighted by atomic mass is 79.9. The molecule has 0 bridgehead atoms. The van der Waals surface area contributed by atoms with E-state index in [2.05, 4.69) is 21.2 Å². The van der Waals surface area contributed by atoms with Crippen LogP contribution < -0.4 is 10.9 Å². The van der Waals surface area contributed by atoms with Crippen molar-refractivity contribution in [2.24, 2.45) is 0 Å². The number of benzene rings is 1. The normalized spacial score (nSPS) is 12.1. The number of alkyl halides is 3. The number of carbonyl (C=O) groups excluding carboxylic acids is 1. The van der Waals surface area contributed by atoms with Crippen molar-refractivity contribution in [2.75, 3.05) is 0 Å². The van der Waals surface area contributed by atoms with Crippen molar-refractivity contribution < 1.29 is 18.0 Å². The fourth-order valence-electron chi connectivity index (χ4n) is 2.30. The summed E-state index contributed by atoms with van der Waals surface area (Å²) in [4.78, 5) is 23.9. The average molecular weight is 417 g/mol. The first kappa shape index (κ1) is 19.2. The van der Waals surface area contributed by atoms with Gasteiger partial charge in [0.15, 0.2) is 0 Å². The molecule has 1 aromatic heterocycles. The Morgan fingerprint density at radius 2 is 1.64 bits per heavy atom. The Bertz CT molecular complexity index is 827. The number of nitrogens with zero attached hydrogens (tertiary/aromatic N) is 1. The first-order chi connectivity index (χ1) is 11.5. The van der Waals surface area contributed by atoms with Gasteiger partial charge in [0.2, 0.25) is 5.91 Å². The topological polar surface area (TPSA) is 51.1 Å². The predicted molar refractivity (Wildman–Crippen MR) is 91.0 cm³/mol. The molecule has 0 atom stereocenters. The second kappa shape index (κ2) is 7.03. The number of hydrogen-bond donors (Lipinski definition) is 1. The number of carbonyl (C=O) groups is 1. The Kier molecular flexibility index (Phi) is 5.41. The highest BCUT2D eigenvalue weighted by molar-refractivity contribution is 9.10. The van der Waals surface area contributed by atoms with E-state index >= 15 is 0 Å².